The van der Waals surface area contributed by atoms with E-state index in [0.29, 0.717) is 5.69 Å². The second kappa shape index (κ2) is 5.26. The first kappa shape index (κ1) is 13.3. The van der Waals surface area contributed by atoms with Crippen molar-refractivity contribution in [2.24, 2.45) is 7.05 Å². The first-order valence-corrected chi connectivity index (χ1v) is 6.35. The number of hydrogen-bond donors (Lipinski definition) is 1. The van der Waals surface area contributed by atoms with Crippen LogP contribution in [0.1, 0.15) is 40.1 Å². The number of hydrogen-bond acceptors (Lipinski definition) is 2. The minimum Gasteiger partial charge on any atom is -0.344 e. The summed E-state index contributed by atoms with van der Waals surface area (Å²) in [6.07, 6.45) is 1.62. The zero-order chi connectivity index (χ0) is 14.0. The van der Waals surface area contributed by atoms with Crippen molar-refractivity contribution in [1.82, 2.24) is 15.1 Å². The first-order chi connectivity index (χ1) is 8.99. The lowest BCUT2D eigenvalue weighted by Crippen LogP contribution is -2.28. The van der Waals surface area contributed by atoms with Crippen LogP contribution in [-0.2, 0) is 7.05 Å². The lowest BCUT2D eigenvalue weighted by molar-refractivity contribution is 0.0930. The van der Waals surface area contributed by atoms with Gasteiger partial charge in [-0.05, 0) is 38.0 Å². The molecule has 4 heteroatoms. The molecule has 0 spiro atoms. The lowest BCUT2D eigenvalue weighted by Gasteiger charge is -2.17. The summed E-state index contributed by atoms with van der Waals surface area (Å²) in [5.41, 5.74) is 4.13. The number of carbonyl (C=O) groups is 1. The Hall–Kier alpha value is -2.10. The normalized spacial score (nSPS) is 12.2. The van der Waals surface area contributed by atoms with Crippen molar-refractivity contribution >= 4 is 5.91 Å². The van der Waals surface area contributed by atoms with Crippen LogP contribution in [0, 0.1) is 13.8 Å². The smallest absolute Gasteiger partial charge is 0.270 e. The third-order valence-corrected chi connectivity index (χ3v) is 3.29. The summed E-state index contributed by atoms with van der Waals surface area (Å²) in [6.45, 7) is 6.12. The predicted octanol–water partition coefficient (Wildman–Crippen LogP) is 2.53. The van der Waals surface area contributed by atoms with Crippen molar-refractivity contribution in [2.75, 3.05) is 0 Å². The highest BCUT2D eigenvalue weighted by Crippen LogP contribution is 2.18. The maximum Gasteiger partial charge on any atom is 0.270 e. The SMILES string of the molecule is Cc1ccc([C@H](C)NC(=O)c2ccnn2C)c(C)c1. The zero-order valence-corrected chi connectivity index (χ0v) is 11.8. The van der Waals surface area contributed by atoms with Gasteiger partial charge in [-0.25, -0.2) is 0 Å². The summed E-state index contributed by atoms with van der Waals surface area (Å²) in [4.78, 5) is 12.1. The van der Waals surface area contributed by atoms with Gasteiger partial charge < -0.3 is 5.32 Å². The third-order valence-electron chi connectivity index (χ3n) is 3.29. The van der Waals surface area contributed by atoms with Crippen molar-refractivity contribution in [1.29, 1.82) is 0 Å². The van der Waals surface area contributed by atoms with Crippen LogP contribution in [0.15, 0.2) is 30.5 Å². The van der Waals surface area contributed by atoms with Gasteiger partial charge in [0.15, 0.2) is 0 Å². The van der Waals surface area contributed by atoms with Crippen LogP contribution in [0.2, 0.25) is 0 Å². The fourth-order valence-corrected chi connectivity index (χ4v) is 2.26. The molecule has 1 aromatic heterocycles. The minimum absolute atomic E-state index is 0.0250. The van der Waals surface area contributed by atoms with Crippen LogP contribution in [0.3, 0.4) is 0 Å². The molecule has 0 aliphatic heterocycles. The molecule has 0 radical (unpaired) electrons. The molecular formula is C15H19N3O. The maximum atomic E-state index is 12.1. The van der Waals surface area contributed by atoms with Gasteiger partial charge in [0.2, 0.25) is 0 Å². The second-order valence-electron chi connectivity index (χ2n) is 4.90. The Balaban J connectivity index is 2.15. The molecule has 1 N–H and O–H groups in total. The second-order valence-corrected chi connectivity index (χ2v) is 4.90. The number of nitrogens with one attached hydrogen (secondary N) is 1. The molecule has 0 aliphatic carbocycles. The zero-order valence-electron chi connectivity index (χ0n) is 11.8. The molecule has 0 saturated carbocycles. The van der Waals surface area contributed by atoms with Crippen LogP contribution < -0.4 is 5.32 Å². The lowest BCUT2D eigenvalue weighted by atomic mass is 10.0. The molecule has 19 heavy (non-hydrogen) atoms. The Morgan fingerprint density at radius 2 is 2.05 bits per heavy atom. The van der Waals surface area contributed by atoms with E-state index < -0.39 is 0 Å². The molecule has 0 saturated heterocycles. The van der Waals surface area contributed by atoms with E-state index in [9.17, 15) is 4.79 Å². The molecular weight excluding hydrogens is 238 g/mol. The van der Waals surface area contributed by atoms with Gasteiger partial charge in [-0.3, -0.25) is 9.48 Å². The monoisotopic (exact) mass is 257 g/mol. The van der Waals surface area contributed by atoms with E-state index in [4.69, 9.17) is 0 Å². The average molecular weight is 257 g/mol. The van der Waals surface area contributed by atoms with Crippen LogP contribution in [0.25, 0.3) is 0 Å². The van der Waals surface area contributed by atoms with E-state index in [0.717, 1.165) is 5.56 Å². The van der Waals surface area contributed by atoms with Crippen molar-refractivity contribution in [3.05, 3.63) is 52.8 Å². The first-order valence-electron chi connectivity index (χ1n) is 6.35. The Labute approximate surface area is 113 Å². The number of rotatable bonds is 3. The minimum atomic E-state index is -0.104. The molecule has 4 nitrogen and oxygen atoms in total. The molecule has 1 atom stereocenters. The molecule has 0 unspecified atom stereocenters. The quantitative estimate of drug-likeness (QED) is 0.918. The predicted molar refractivity (Wildman–Crippen MR) is 75.0 cm³/mol. The summed E-state index contributed by atoms with van der Waals surface area (Å²) in [7, 11) is 1.76. The molecule has 1 amide bonds. The maximum absolute atomic E-state index is 12.1. The summed E-state index contributed by atoms with van der Waals surface area (Å²) in [5.74, 6) is -0.104. The van der Waals surface area contributed by atoms with Crippen molar-refractivity contribution in [3.8, 4) is 0 Å². The number of benzene rings is 1. The molecule has 2 rings (SSSR count). The van der Waals surface area contributed by atoms with E-state index in [1.54, 1.807) is 24.0 Å². The highest BCUT2D eigenvalue weighted by atomic mass is 16.2. The van der Waals surface area contributed by atoms with Gasteiger partial charge in [0, 0.05) is 13.2 Å². The molecule has 100 valence electrons. The van der Waals surface area contributed by atoms with Crippen molar-refractivity contribution < 1.29 is 4.79 Å². The van der Waals surface area contributed by atoms with E-state index >= 15 is 0 Å². The Kier molecular flexibility index (Phi) is 3.69. The number of aromatic nitrogens is 2. The Bertz CT molecular complexity index is 601. The Morgan fingerprint density at radius 3 is 2.63 bits per heavy atom. The Morgan fingerprint density at radius 1 is 1.32 bits per heavy atom. The van der Waals surface area contributed by atoms with Crippen LogP contribution in [-0.4, -0.2) is 15.7 Å². The van der Waals surface area contributed by atoms with Crippen LogP contribution in [0.5, 0.6) is 0 Å². The molecule has 2 aromatic rings. The van der Waals surface area contributed by atoms with Crippen LogP contribution >= 0.6 is 0 Å². The fourth-order valence-electron chi connectivity index (χ4n) is 2.26. The summed E-state index contributed by atoms with van der Waals surface area (Å²) >= 11 is 0. The van der Waals surface area contributed by atoms with E-state index in [1.165, 1.54) is 11.1 Å². The number of carbonyl (C=O) groups excluding carboxylic acids is 1. The van der Waals surface area contributed by atoms with Gasteiger partial charge in [-0.15, -0.1) is 0 Å². The van der Waals surface area contributed by atoms with Gasteiger partial charge in [0.1, 0.15) is 5.69 Å². The highest BCUT2D eigenvalue weighted by molar-refractivity contribution is 5.92. The van der Waals surface area contributed by atoms with Crippen molar-refractivity contribution in [3.63, 3.8) is 0 Å². The number of amides is 1. The van der Waals surface area contributed by atoms with Gasteiger partial charge in [-0.1, -0.05) is 23.8 Å². The van der Waals surface area contributed by atoms with Gasteiger partial charge in [0.25, 0.3) is 5.91 Å². The van der Waals surface area contributed by atoms with Crippen molar-refractivity contribution in [2.45, 2.75) is 26.8 Å². The van der Waals surface area contributed by atoms with E-state index in [-0.39, 0.29) is 11.9 Å². The van der Waals surface area contributed by atoms with Crippen LogP contribution in [0.4, 0.5) is 0 Å². The topological polar surface area (TPSA) is 46.9 Å². The third kappa shape index (κ3) is 2.84. The average Bonchev–Trinajstić information content (AvgIpc) is 2.75. The molecule has 0 fully saturated rings. The summed E-state index contributed by atoms with van der Waals surface area (Å²) in [6, 6.07) is 7.95. The highest BCUT2D eigenvalue weighted by Gasteiger charge is 2.15. The van der Waals surface area contributed by atoms with Gasteiger partial charge >= 0.3 is 0 Å². The van der Waals surface area contributed by atoms with Gasteiger partial charge in [0.05, 0.1) is 6.04 Å². The molecule has 1 aromatic carbocycles. The summed E-state index contributed by atoms with van der Waals surface area (Å²) in [5, 5.41) is 7.00. The summed E-state index contributed by atoms with van der Waals surface area (Å²) < 4.78 is 1.57. The van der Waals surface area contributed by atoms with Gasteiger partial charge in [-0.2, -0.15) is 5.10 Å². The standard InChI is InChI=1S/C15H19N3O/c1-10-5-6-13(11(2)9-10)12(3)17-15(19)14-7-8-16-18(14)4/h5-9,12H,1-4H3,(H,17,19)/t12-/m0/s1. The molecule has 0 bridgehead atoms. The fraction of sp³-hybridized carbons (Fsp3) is 0.333. The van der Waals surface area contributed by atoms with E-state index in [1.807, 2.05) is 6.92 Å². The largest absolute Gasteiger partial charge is 0.344 e. The number of aryl methyl sites for hydroxylation is 3. The number of nitrogens with zero attached hydrogens (tertiary/aromatic N) is 2. The molecule has 1 heterocycles. The van der Waals surface area contributed by atoms with E-state index in [2.05, 4.69) is 42.5 Å². The molecule has 0 aliphatic rings.